The van der Waals surface area contributed by atoms with E-state index in [9.17, 15) is 0 Å². The van der Waals surface area contributed by atoms with Crippen LogP contribution in [0.1, 0.15) is 52.5 Å². The van der Waals surface area contributed by atoms with Gasteiger partial charge in [0.1, 0.15) is 0 Å². The van der Waals surface area contributed by atoms with E-state index in [-0.39, 0.29) is 6.04 Å². The highest BCUT2D eigenvalue weighted by atomic mass is 32.1. The normalized spacial score (nSPS) is 12.9. The summed E-state index contributed by atoms with van der Waals surface area (Å²) in [4.78, 5) is 5.85. The van der Waals surface area contributed by atoms with Gasteiger partial charge in [-0.2, -0.15) is 0 Å². The first-order valence-electron chi connectivity index (χ1n) is 6.75. The molecule has 2 aromatic rings. The monoisotopic (exact) mass is 274 g/mol. The Morgan fingerprint density at radius 3 is 2.16 bits per heavy atom. The Morgan fingerprint density at radius 1 is 1.11 bits per heavy atom. The molecule has 0 fully saturated rings. The van der Waals surface area contributed by atoms with Crippen LogP contribution in [0.15, 0.2) is 24.3 Å². The number of aryl methyl sites for hydroxylation is 2. The second-order valence-electron chi connectivity index (χ2n) is 5.38. The van der Waals surface area contributed by atoms with Crippen molar-refractivity contribution in [2.45, 2.75) is 46.1 Å². The van der Waals surface area contributed by atoms with Gasteiger partial charge < -0.3 is 5.73 Å². The van der Waals surface area contributed by atoms with Gasteiger partial charge >= 0.3 is 0 Å². The predicted molar refractivity (Wildman–Crippen MR) is 82.8 cm³/mol. The molecule has 0 saturated heterocycles. The lowest BCUT2D eigenvalue weighted by molar-refractivity contribution is 0.715. The summed E-state index contributed by atoms with van der Waals surface area (Å²) in [7, 11) is 0. The van der Waals surface area contributed by atoms with E-state index in [2.05, 4.69) is 56.9 Å². The third kappa shape index (κ3) is 3.43. The number of aromatic nitrogens is 1. The van der Waals surface area contributed by atoms with Gasteiger partial charge in [0.05, 0.1) is 10.7 Å². The van der Waals surface area contributed by atoms with Crippen LogP contribution < -0.4 is 5.73 Å². The molecule has 1 unspecified atom stereocenters. The van der Waals surface area contributed by atoms with E-state index in [1.165, 1.54) is 16.0 Å². The van der Waals surface area contributed by atoms with Gasteiger partial charge in [-0.1, -0.05) is 38.1 Å². The molecule has 1 aromatic carbocycles. The van der Waals surface area contributed by atoms with E-state index in [1.807, 2.05) is 0 Å². The maximum Gasteiger partial charge on any atom is 0.0949 e. The van der Waals surface area contributed by atoms with Crippen molar-refractivity contribution in [1.82, 2.24) is 4.98 Å². The third-order valence-corrected chi connectivity index (χ3v) is 4.59. The lowest BCUT2D eigenvalue weighted by atomic mass is 9.98. The second-order valence-corrected chi connectivity index (χ2v) is 6.67. The zero-order valence-corrected chi connectivity index (χ0v) is 12.9. The number of nitrogens with two attached hydrogens (primary N) is 1. The molecule has 1 aromatic heterocycles. The van der Waals surface area contributed by atoms with Crippen LogP contribution in [0.25, 0.3) is 0 Å². The van der Waals surface area contributed by atoms with Gasteiger partial charge in [-0.25, -0.2) is 4.98 Å². The summed E-state index contributed by atoms with van der Waals surface area (Å²) < 4.78 is 0. The number of hydrogen-bond donors (Lipinski definition) is 1. The maximum atomic E-state index is 6.28. The summed E-state index contributed by atoms with van der Waals surface area (Å²) in [5.74, 6) is 0.564. The zero-order valence-electron chi connectivity index (χ0n) is 12.1. The van der Waals surface area contributed by atoms with Crippen LogP contribution in [0.4, 0.5) is 0 Å². The molecule has 1 heterocycles. The fraction of sp³-hybridized carbons (Fsp3) is 0.438. The van der Waals surface area contributed by atoms with Crippen LogP contribution in [0.5, 0.6) is 0 Å². The zero-order chi connectivity index (χ0) is 14.0. The van der Waals surface area contributed by atoms with Crippen LogP contribution >= 0.6 is 11.3 Å². The molecule has 102 valence electrons. The van der Waals surface area contributed by atoms with Crippen LogP contribution in [0.3, 0.4) is 0 Å². The Hall–Kier alpha value is -1.19. The van der Waals surface area contributed by atoms with Crippen molar-refractivity contribution in [2.75, 3.05) is 0 Å². The quantitative estimate of drug-likeness (QED) is 0.910. The van der Waals surface area contributed by atoms with Crippen molar-refractivity contribution >= 4 is 11.3 Å². The molecule has 0 radical (unpaired) electrons. The Kier molecular flexibility index (Phi) is 4.38. The Bertz CT molecular complexity index is 521. The highest BCUT2D eigenvalue weighted by Crippen LogP contribution is 2.23. The molecular weight excluding hydrogens is 252 g/mol. The number of hydrogen-bond acceptors (Lipinski definition) is 3. The smallest absolute Gasteiger partial charge is 0.0949 e. The van der Waals surface area contributed by atoms with Gasteiger partial charge in [-0.3, -0.25) is 0 Å². The average molecular weight is 274 g/mol. The molecule has 2 rings (SSSR count). The minimum Gasteiger partial charge on any atom is -0.324 e. The van der Waals surface area contributed by atoms with Crippen molar-refractivity contribution in [1.29, 1.82) is 0 Å². The lowest BCUT2D eigenvalue weighted by Crippen LogP contribution is -2.13. The van der Waals surface area contributed by atoms with Gasteiger partial charge in [0.25, 0.3) is 0 Å². The number of benzene rings is 1. The minimum absolute atomic E-state index is 0.0335. The molecule has 3 heteroatoms. The Balaban J connectivity index is 2.09. The fourth-order valence-corrected chi connectivity index (χ4v) is 3.05. The van der Waals surface area contributed by atoms with Crippen LogP contribution in [0, 0.1) is 13.8 Å². The number of nitrogens with zero attached hydrogens (tertiary/aromatic N) is 1. The minimum atomic E-state index is 0.0335. The first-order chi connectivity index (χ1) is 8.97. The first-order valence-corrected chi connectivity index (χ1v) is 7.57. The van der Waals surface area contributed by atoms with Gasteiger partial charge in [-0.15, -0.1) is 11.3 Å². The van der Waals surface area contributed by atoms with Crippen molar-refractivity contribution in [2.24, 2.45) is 5.73 Å². The van der Waals surface area contributed by atoms with E-state index in [0.717, 1.165) is 17.1 Å². The molecule has 2 nitrogen and oxygen atoms in total. The van der Waals surface area contributed by atoms with Crippen LogP contribution in [0.2, 0.25) is 0 Å². The SMILES string of the molecule is Cc1nc(CC(N)c2ccc(C(C)C)cc2)sc1C. The summed E-state index contributed by atoms with van der Waals surface area (Å²) in [6, 6.07) is 8.68. The van der Waals surface area contributed by atoms with Gasteiger partial charge in [0.2, 0.25) is 0 Å². The van der Waals surface area contributed by atoms with Crippen molar-refractivity contribution in [3.8, 4) is 0 Å². The molecule has 0 amide bonds. The molecule has 19 heavy (non-hydrogen) atoms. The van der Waals surface area contributed by atoms with E-state index < -0.39 is 0 Å². The molecule has 0 saturated carbocycles. The maximum absolute atomic E-state index is 6.28. The Morgan fingerprint density at radius 2 is 1.68 bits per heavy atom. The lowest BCUT2D eigenvalue weighted by Gasteiger charge is -2.12. The summed E-state index contributed by atoms with van der Waals surface area (Å²) in [6.07, 6.45) is 0.820. The van der Waals surface area contributed by atoms with E-state index in [1.54, 1.807) is 11.3 Å². The largest absolute Gasteiger partial charge is 0.324 e. The van der Waals surface area contributed by atoms with E-state index >= 15 is 0 Å². The standard InChI is InChI=1S/C16H22N2S/c1-10(2)13-5-7-14(8-6-13)15(17)9-16-18-11(3)12(4)19-16/h5-8,10,15H,9,17H2,1-4H3. The highest BCUT2D eigenvalue weighted by molar-refractivity contribution is 7.11. The van der Waals surface area contributed by atoms with E-state index in [0.29, 0.717) is 5.92 Å². The summed E-state index contributed by atoms with van der Waals surface area (Å²) in [5, 5.41) is 1.13. The van der Waals surface area contributed by atoms with Crippen molar-refractivity contribution in [3.63, 3.8) is 0 Å². The molecule has 0 bridgehead atoms. The van der Waals surface area contributed by atoms with Crippen LogP contribution in [-0.2, 0) is 6.42 Å². The summed E-state index contributed by atoms with van der Waals surface area (Å²) in [5.41, 5.74) is 9.95. The molecular formula is C16H22N2S. The van der Waals surface area contributed by atoms with Gasteiger partial charge in [0.15, 0.2) is 0 Å². The molecule has 1 atom stereocenters. The third-order valence-electron chi connectivity index (χ3n) is 3.50. The molecule has 0 aliphatic carbocycles. The average Bonchev–Trinajstić information content (AvgIpc) is 2.68. The Labute approximate surface area is 119 Å². The first kappa shape index (κ1) is 14.2. The highest BCUT2D eigenvalue weighted by Gasteiger charge is 2.11. The van der Waals surface area contributed by atoms with Crippen molar-refractivity contribution in [3.05, 3.63) is 51.0 Å². The fourth-order valence-electron chi connectivity index (χ4n) is 2.06. The van der Waals surface area contributed by atoms with Crippen LogP contribution in [-0.4, -0.2) is 4.98 Å². The second kappa shape index (κ2) is 5.85. The topological polar surface area (TPSA) is 38.9 Å². The van der Waals surface area contributed by atoms with Crippen molar-refractivity contribution < 1.29 is 0 Å². The molecule has 0 aliphatic rings. The summed E-state index contributed by atoms with van der Waals surface area (Å²) >= 11 is 1.75. The van der Waals surface area contributed by atoms with E-state index in [4.69, 9.17) is 5.73 Å². The van der Waals surface area contributed by atoms with Gasteiger partial charge in [0, 0.05) is 17.3 Å². The molecule has 2 N–H and O–H groups in total. The molecule has 0 aliphatic heterocycles. The molecule has 0 spiro atoms. The number of thiazole rings is 1. The van der Waals surface area contributed by atoms with Gasteiger partial charge in [-0.05, 0) is 30.9 Å². The summed E-state index contributed by atoms with van der Waals surface area (Å²) in [6.45, 7) is 8.57. The number of rotatable bonds is 4. The predicted octanol–water partition coefficient (Wildman–Crippen LogP) is 4.13.